The summed E-state index contributed by atoms with van der Waals surface area (Å²) in [6.45, 7) is 3.72. The van der Waals surface area contributed by atoms with E-state index in [9.17, 15) is 19.7 Å². The van der Waals surface area contributed by atoms with Crippen LogP contribution >= 0.6 is 0 Å². The van der Waals surface area contributed by atoms with Gasteiger partial charge in [-0.1, -0.05) is 13.0 Å². The highest BCUT2D eigenvalue weighted by atomic mass is 16.6. The van der Waals surface area contributed by atoms with E-state index in [0.29, 0.717) is 22.9 Å². The highest BCUT2D eigenvalue weighted by molar-refractivity contribution is 6.06. The molecule has 2 aromatic carbocycles. The summed E-state index contributed by atoms with van der Waals surface area (Å²) in [5.41, 5.74) is 1.61. The van der Waals surface area contributed by atoms with Crippen LogP contribution in [-0.4, -0.2) is 35.9 Å². The topological polar surface area (TPSA) is 105 Å². The van der Waals surface area contributed by atoms with Gasteiger partial charge < -0.3 is 15.5 Å². The molecule has 0 radical (unpaired) electrons. The van der Waals surface area contributed by atoms with E-state index >= 15 is 0 Å². The molecule has 1 aliphatic heterocycles. The van der Waals surface area contributed by atoms with Crippen molar-refractivity contribution in [2.45, 2.75) is 38.6 Å². The molecule has 1 aliphatic carbocycles. The maximum absolute atomic E-state index is 12.7. The van der Waals surface area contributed by atoms with E-state index in [4.69, 9.17) is 0 Å². The molecule has 1 saturated carbocycles. The lowest BCUT2D eigenvalue weighted by Gasteiger charge is -2.31. The van der Waals surface area contributed by atoms with Crippen LogP contribution in [0.2, 0.25) is 0 Å². The fraction of sp³-hybridized carbons (Fsp3) is 0.391. The normalized spacial score (nSPS) is 16.6. The van der Waals surface area contributed by atoms with Crippen molar-refractivity contribution in [2.24, 2.45) is 5.92 Å². The first-order valence-electron chi connectivity index (χ1n) is 10.7. The van der Waals surface area contributed by atoms with Crippen LogP contribution in [0.25, 0.3) is 0 Å². The maximum Gasteiger partial charge on any atom is 0.293 e. The average molecular weight is 422 g/mol. The quantitative estimate of drug-likeness (QED) is 0.541. The number of carbonyl (C=O) groups excluding carboxylic acids is 2. The molecule has 0 bridgehead atoms. The zero-order chi connectivity index (χ0) is 22.0. The third-order valence-electron chi connectivity index (χ3n) is 5.85. The summed E-state index contributed by atoms with van der Waals surface area (Å²) in [7, 11) is 0. The Labute approximate surface area is 180 Å². The molecular weight excluding hydrogens is 396 g/mol. The molecule has 2 aliphatic rings. The van der Waals surface area contributed by atoms with Gasteiger partial charge in [0.2, 0.25) is 0 Å². The minimum absolute atomic E-state index is 0.0697. The second kappa shape index (κ2) is 8.75. The Morgan fingerprint density at radius 1 is 1.00 bits per heavy atom. The van der Waals surface area contributed by atoms with Gasteiger partial charge in [0, 0.05) is 42.0 Å². The van der Waals surface area contributed by atoms with Crippen LogP contribution in [0.1, 0.15) is 53.3 Å². The van der Waals surface area contributed by atoms with Crippen molar-refractivity contribution in [3.8, 4) is 0 Å². The number of nitrogens with zero attached hydrogens (tertiary/aromatic N) is 2. The number of amides is 2. The average Bonchev–Trinajstić information content (AvgIpc) is 3.58. The number of hydrogen-bond donors (Lipinski definition) is 2. The van der Waals surface area contributed by atoms with E-state index in [1.165, 1.54) is 6.07 Å². The van der Waals surface area contributed by atoms with Gasteiger partial charge in [-0.15, -0.1) is 0 Å². The first kappa shape index (κ1) is 20.8. The predicted octanol–water partition coefficient (Wildman–Crippen LogP) is 3.98. The number of nitro benzene ring substituents is 1. The van der Waals surface area contributed by atoms with Crippen molar-refractivity contribution >= 4 is 28.9 Å². The Morgan fingerprint density at radius 2 is 1.71 bits per heavy atom. The molecule has 4 rings (SSSR count). The van der Waals surface area contributed by atoms with Gasteiger partial charge in [0.05, 0.1) is 4.92 Å². The fourth-order valence-electron chi connectivity index (χ4n) is 3.77. The molecule has 8 heteroatoms. The highest BCUT2D eigenvalue weighted by Crippen LogP contribution is 2.32. The molecule has 0 atom stereocenters. The Bertz CT molecular complexity index is 1010. The van der Waals surface area contributed by atoms with Gasteiger partial charge in [0.15, 0.2) is 0 Å². The zero-order valence-electron chi connectivity index (χ0n) is 17.5. The van der Waals surface area contributed by atoms with E-state index in [-0.39, 0.29) is 23.2 Å². The number of benzene rings is 2. The number of piperidine rings is 1. The molecule has 0 unspecified atom stereocenters. The Kier molecular flexibility index (Phi) is 5.88. The van der Waals surface area contributed by atoms with Crippen molar-refractivity contribution < 1.29 is 14.5 Å². The molecule has 8 nitrogen and oxygen atoms in total. The van der Waals surface area contributed by atoms with Gasteiger partial charge in [-0.2, -0.15) is 0 Å². The number of anilines is 2. The Balaban J connectivity index is 1.50. The van der Waals surface area contributed by atoms with Crippen LogP contribution in [0.5, 0.6) is 0 Å². The van der Waals surface area contributed by atoms with Crippen LogP contribution in [0.3, 0.4) is 0 Å². The minimum atomic E-state index is -0.457. The molecule has 2 fully saturated rings. The Hall–Kier alpha value is -3.42. The molecule has 1 saturated heterocycles. The van der Waals surface area contributed by atoms with E-state index in [2.05, 4.69) is 17.6 Å². The first-order chi connectivity index (χ1) is 14.9. The lowest BCUT2D eigenvalue weighted by Crippen LogP contribution is -2.33. The number of hydrogen-bond acceptors (Lipinski definition) is 5. The number of rotatable bonds is 6. The third-order valence-corrected chi connectivity index (χ3v) is 5.85. The molecule has 0 spiro atoms. The molecule has 1 heterocycles. The third kappa shape index (κ3) is 5.02. The summed E-state index contributed by atoms with van der Waals surface area (Å²) in [6.07, 6.45) is 3.97. The fourth-order valence-corrected chi connectivity index (χ4v) is 3.77. The molecular formula is C23H26N4O4. The summed E-state index contributed by atoms with van der Waals surface area (Å²) in [5, 5.41) is 17.3. The maximum atomic E-state index is 12.7. The van der Waals surface area contributed by atoms with Gasteiger partial charge in [-0.3, -0.25) is 19.7 Å². The second-order valence-corrected chi connectivity index (χ2v) is 8.41. The van der Waals surface area contributed by atoms with E-state index in [0.717, 1.165) is 38.8 Å². The van der Waals surface area contributed by atoms with Gasteiger partial charge >= 0.3 is 0 Å². The van der Waals surface area contributed by atoms with Crippen LogP contribution in [0.15, 0.2) is 42.5 Å². The smallest absolute Gasteiger partial charge is 0.293 e. The van der Waals surface area contributed by atoms with Crippen molar-refractivity contribution in [3.63, 3.8) is 0 Å². The zero-order valence-corrected chi connectivity index (χ0v) is 17.5. The largest absolute Gasteiger partial charge is 0.366 e. The van der Waals surface area contributed by atoms with E-state index in [1.54, 1.807) is 36.4 Å². The van der Waals surface area contributed by atoms with Gasteiger partial charge in [0.25, 0.3) is 17.5 Å². The summed E-state index contributed by atoms with van der Waals surface area (Å²) < 4.78 is 0. The molecule has 31 heavy (non-hydrogen) atoms. The van der Waals surface area contributed by atoms with Gasteiger partial charge in [0.1, 0.15) is 5.69 Å². The van der Waals surface area contributed by atoms with Crippen molar-refractivity contribution in [1.29, 1.82) is 0 Å². The summed E-state index contributed by atoms with van der Waals surface area (Å²) in [5.74, 6) is -0.0152. The molecule has 2 aromatic rings. The van der Waals surface area contributed by atoms with Crippen molar-refractivity contribution in [1.82, 2.24) is 5.32 Å². The standard InChI is InChI=1S/C23H26N4O4/c1-15-9-11-26(12-10-15)20-8-5-17(14-21(20)27(30)31)23(29)25-19-4-2-3-16(13-19)22(28)24-18-6-7-18/h2-5,8,13-15,18H,6-7,9-12H2,1H3,(H,24,28)(H,25,29). The number of carbonyl (C=O) groups is 2. The number of nitro groups is 1. The lowest BCUT2D eigenvalue weighted by molar-refractivity contribution is -0.384. The summed E-state index contributed by atoms with van der Waals surface area (Å²) in [6, 6.07) is 11.5. The first-order valence-corrected chi connectivity index (χ1v) is 10.7. The molecule has 2 N–H and O–H groups in total. The van der Waals surface area contributed by atoms with Crippen LogP contribution in [-0.2, 0) is 0 Å². The highest BCUT2D eigenvalue weighted by Gasteiger charge is 2.25. The van der Waals surface area contributed by atoms with Crippen molar-refractivity contribution in [2.75, 3.05) is 23.3 Å². The molecule has 0 aromatic heterocycles. The van der Waals surface area contributed by atoms with Gasteiger partial charge in [-0.05, 0) is 61.9 Å². The van der Waals surface area contributed by atoms with Gasteiger partial charge in [-0.25, -0.2) is 0 Å². The lowest BCUT2D eigenvalue weighted by atomic mass is 9.98. The second-order valence-electron chi connectivity index (χ2n) is 8.41. The SMILES string of the molecule is CC1CCN(c2ccc(C(=O)Nc3cccc(C(=O)NC4CC4)c3)cc2[N+](=O)[O-])CC1. The Morgan fingerprint density at radius 3 is 2.39 bits per heavy atom. The molecule has 2 amide bonds. The van der Waals surface area contributed by atoms with Crippen LogP contribution in [0, 0.1) is 16.0 Å². The van der Waals surface area contributed by atoms with E-state index in [1.807, 2.05) is 4.90 Å². The summed E-state index contributed by atoms with van der Waals surface area (Å²) >= 11 is 0. The van der Waals surface area contributed by atoms with Crippen molar-refractivity contribution in [3.05, 3.63) is 63.7 Å². The molecule has 162 valence electrons. The van der Waals surface area contributed by atoms with Crippen LogP contribution < -0.4 is 15.5 Å². The predicted molar refractivity (Wildman–Crippen MR) is 119 cm³/mol. The van der Waals surface area contributed by atoms with Crippen LogP contribution in [0.4, 0.5) is 17.1 Å². The summed E-state index contributed by atoms with van der Waals surface area (Å²) in [4.78, 5) is 38.2. The monoisotopic (exact) mass is 422 g/mol. The minimum Gasteiger partial charge on any atom is -0.366 e. The number of nitrogens with one attached hydrogen (secondary N) is 2. The van der Waals surface area contributed by atoms with E-state index < -0.39 is 10.8 Å².